The van der Waals surface area contributed by atoms with Crippen LogP contribution in [0.4, 0.5) is 0 Å². The number of H-pyrrole nitrogens is 2. The number of nitrogens with two attached hydrogens (primary N) is 2. The zero-order valence-electron chi connectivity index (χ0n) is 56.5. The number of nitrogens with one attached hydrogen (secondary N) is 13. The quantitative estimate of drug-likeness (QED) is 0.0131. The average molecular weight is 1410 g/mol. The van der Waals surface area contributed by atoms with Crippen molar-refractivity contribution in [2.45, 2.75) is 152 Å². The van der Waals surface area contributed by atoms with Gasteiger partial charge in [0.2, 0.25) is 53.2 Å². The van der Waals surface area contributed by atoms with Crippen molar-refractivity contribution in [2.75, 3.05) is 6.54 Å². The maximum absolute atomic E-state index is 15.0. The van der Waals surface area contributed by atoms with E-state index in [0.717, 1.165) is 0 Å². The van der Waals surface area contributed by atoms with Crippen molar-refractivity contribution in [1.82, 2.24) is 68.1 Å². The van der Waals surface area contributed by atoms with Gasteiger partial charge in [-0.2, -0.15) is 0 Å². The van der Waals surface area contributed by atoms with Crippen LogP contribution in [0.2, 0.25) is 0 Å². The van der Waals surface area contributed by atoms with E-state index in [-0.39, 0.29) is 67.2 Å². The van der Waals surface area contributed by atoms with E-state index in [4.69, 9.17) is 16.9 Å². The second-order valence-corrected chi connectivity index (χ2v) is 25.2. The topological polar surface area (TPSA) is 547 Å². The predicted molar refractivity (Wildman–Crippen MR) is 369 cm³/mol. The normalized spacial score (nSPS) is 14.1. The van der Waals surface area contributed by atoms with Gasteiger partial charge in [0.05, 0.1) is 25.2 Å². The minimum absolute atomic E-state index is 0.00728. The second kappa shape index (κ2) is 38.5. The molecule has 10 atom stereocenters. The van der Waals surface area contributed by atoms with Gasteiger partial charge >= 0.3 is 17.9 Å². The fraction of sp³-hybridized carbons (Fsp3) is 0.391. The number of guanidine groups is 1. The molecule has 2 heterocycles. The molecule has 0 aliphatic heterocycles. The van der Waals surface area contributed by atoms with Gasteiger partial charge in [-0.3, -0.25) is 58.1 Å². The van der Waals surface area contributed by atoms with Gasteiger partial charge in [0.1, 0.15) is 65.9 Å². The molecule has 102 heavy (non-hydrogen) atoms. The van der Waals surface area contributed by atoms with Crippen molar-refractivity contribution in [3.63, 3.8) is 0 Å². The number of carboxylic acids is 3. The summed E-state index contributed by atoms with van der Waals surface area (Å²) in [5.41, 5.74) is 14.2. The van der Waals surface area contributed by atoms with Crippen LogP contribution in [-0.4, -0.2) is 184 Å². The van der Waals surface area contributed by atoms with Crippen molar-refractivity contribution in [3.05, 3.63) is 150 Å². The number of aromatic hydroxyl groups is 2. The maximum atomic E-state index is 15.0. The van der Waals surface area contributed by atoms with Gasteiger partial charge in [-0.1, -0.05) is 100 Å². The lowest BCUT2D eigenvalue weighted by atomic mass is 9.99. The van der Waals surface area contributed by atoms with E-state index in [1.165, 1.54) is 61.1 Å². The Morgan fingerprint density at radius 1 is 0.490 bits per heavy atom. The minimum atomic E-state index is -2.06. The first kappa shape index (κ1) is 79.1. The number of carboxylic acid groups (broad SMARTS) is 3. The number of rotatable bonds is 40. The van der Waals surface area contributed by atoms with Crippen LogP contribution in [0.25, 0.3) is 10.9 Å². The van der Waals surface area contributed by atoms with E-state index < -0.39 is 169 Å². The van der Waals surface area contributed by atoms with E-state index >= 15 is 0 Å². The number of aromatic amines is 2. The third-order valence-corrected chi connectivity index (χ3v) is 16.2. The number of carbonyl (C=O) groups is 12. The standard InChI is InChI=1S/C69H88N16O17/c1-36(2)25-46(70)59(92)78-49(26-38-11-6-5-7-12-38)60(93)81-53(30-42-34-73-35-76-42)66(99)85-58(37(3)4)67(100)84-52(29-41-33-75-47-14-9-8-13-45(41)47)63(96)83-55(32-57(90)91)65(98)80-50(27-39-16-20-43(86)21-17-39)61(94)79-51(28-40-18-22-44(87)23-19-40)62(95)82-54(31-56(88)89)64(97)77-48(68(101)102)15-10-24-74-69(71)72/h5-9,11-14,16-23,33-37,46,48-55,58,75,86-87H,10,15,24-32,70H2,1-4H3,(H,73,76)(H,77,97)(H,78,92)(H,79,94)(H,80,98)(H,81,93)(H,82,95)(H,83,96)(H,84,100)(H,85,99)(H,88,89)(H,90,91)(H,101,102)(H4,71,72,74)/t46-,48-,49-,50-,51-,52-,53-,54-,55-,58-/m0/s1. The molecule has 0 unspecified atom stereocenters. The molecule has 2 aromatic heterocycles. The van der Waals surface area contributed by atoms with E-state index in [1.54, 1.807) is 74.6 Å². The molecule has 33 heteroatoms. The monoisotopic (exact) mass is 1410 g/mol. The number of carbonyl (C=O) groups excluding carboxylic acids is 9. The van der Waals surface area contributed by atoms with Crippen LogP contribution in [0, 0.1) is 17.2 Å². The van der Waals surface area contributed by atoms with Gasteiger partial charge < -0.3 is 100 Å². The molecule has 22 N–H and O–H groups in total. The number of phenols is 2. The number of benzene rings is 4. The molecule has 0 saturated heterocycles. The highest BCUT2D eigenvalue weighted by molar-refractivity contribution is 6.00. The van der Waals surface area contributed by atoms with Crippen molar-refractivity contribution in [2.24, 2.45) is 23.3 Å². The van der Waals surface area contributed by atoms with Crippen molar-refractivity contribution in [1.29, 1.82) is 5.41 Å². The lowest BCUT2D eigenvalue weighted by Gasteiger charge is -2.29. The first-order valence-corrected chi connectivity index (χ1v) is 32.8. The number of para-hydroxylation sites is 1. The van der Waals surface area contributed by atoms with Gasteiger partial charge in [-0.25, -0.2) is 9.78 Å². The Kier molecular flexibility index (Phi) is 29.8. The molecular weight excluding hydrogens is 1320 g/mol. The average Bonchev–Trinajstić information content (AvgIpc) is 1.59. The lowest BCUT2D eigenvalue weighted by molar-refractivity contribution is -0.144. The summed E-state index contributed by atoms with van der Waals surface area (Å²) in [4.78, 5) is 177. The summed E-state index contributed by atoms with van der Waals surface area (Å²) in [7, 11) is 0. The van der Waals surface area contributed by atoms with Crippen LogP contribution in [0.5, 0.6) is 11.5 Å². The first-order chi connectivity index (χ1) is 48.4. The van der Waals surface area contributed by atoms with E-state index in [2.05, 4.69) is 68.1 Å². The van der Waals surface area contributed by atoms with Crippen molar-refractivity contribution < 1.29 is 83.1 Å². The zero-order chi connectivity index (χ0) is 74.7. The second-order valence-electron chi connectivity index (χ2n) is 25.2. The molecule has 0 aliphatic carbocycles. The number of nitrogens with zero attached hydrogens (tertiary/aromatic N) is 1. The number of fused-ring (bicyclic) bond motifs is 1. The summed E-state index contributed by atoms with van der Waals surface area (Å²) in [6, 6.07) is 10.1. The molecule has 0 fully saturated rings. The molecule has 546 valence electrons. The van der Waals surface area contributed by atoms with Crippen LogP contribution >= 0.6 is 0 Å². The third kappa shape index (κ3) is 25.4. The van der Waals surface area contributed by atoms with Crippen molar-refractivity contribution in [3.8, 4) is 11.5 Å². The molecule has 9 amide bonds. The van der Waals surface area contributed by atoms with E-state index in [1.807, 2.05) is 13.8 Å². The molecule has 4 aromatic carbocycles. The number of imidazole rings is 1. The summed E-state index contributed by atoms with van der Waals surface area (Å²) in [6.45, 7) is 6.97. The van der Waals surface area contributed by atoms with Gasteiger partial charge in [0.15, 0.2) is 5.96 Å². The molecule has 0 bridgehead atoms. The Morgan fingerprint density at radius 2 is 0.912 bits per heavy atom. The van der Waals surface area contributed by atoms with Gasteiger partial charge in [0.25, 0.3) is 0 Å². The highest BCUT2D eigenvalue weighted by Gasteiger charge is 2.38. The molecule has 6 rings (SSSR count). The van der Waals surface area contributed by atoms with E-state index in [9.17, 15) is 83.1 Å². The van der Waals surface area contributed by atoms with Crippen LogP contribution in [-0.2, 0) is 89.6 Å². The highest BCUT2D eigenvalue weighted by atomic mass is 16.4. The minimum Gasteiger partial charge on any atom is -0.508 e. The van der Waals surface area contributed by atoms with E-state index in [0.29, 0.717) is 34.1 Å². The Labute approximate surface area is 585 Å². The third-order valence-electron chi connectivity index (χ3n) is 16.2. The van der Waals surface area contributed by atoms with Gasteiger partial charge in [-0.15, -0.1) is 0 Å². The Bertz CT molecular complexity index is 3890. The molecule has 0 aliphatic rings. The van der Waals surface area contributed by atoms with Gasteiger partial charge in [0, 0.05) is 67.6 Å². The Balaban J connectivity index is 1.29. The Hall–Kier alpha value is -11.9. The zero-order valence-corrected chi connectivity index (χ0v) is 56.5. The van der Waals surface area contributed by atoms with Gasteiger partial charge in [-0.05, 0) is 83.7 Å². The SMILES string of the molecule is CC(C)C[C@H](N)C(=O)N[C@@H](Cc1ccccc1)C(=O)N[C@@H](Cc1cnc[nH]1)C(=O)N[C@H](C(=O)N[C@@H](Cc1c[nH]c2ccccc12)C(=O)N[C@@H](CC(=O)O)C(=O)N[C@@H](Cc1ccc(O)cc1)C(=O)N[C@@H](Cc1ccc(O)cc1)C(=O)N[C@@H](CC(=O)O)C(=O)N[C@@H](CCCNC(=N)N)C(=O)O)C(C)C. The number of aliphatic carboxylic acids is 3. The highest BCUT2D eigenvalue weighted by Crippen LogP contribution is 2.21. The van der Waals surface area contributed by atoms with Crippen LogP contribution in [0.1, 0.15) is 87.7 Å². The van der Waals surface area contributed by atoms with Crippen LogP contribution < -0.4 is 64.6 Å². The summed E-state index contributed by atoms with van der Waals surface area (Å²) in [6.07, 6.45) is 0.759. The molecule has 0 spiro atoms. The summed E-state index contributed by atoms with van der Waals surface area (Å²) in [5.74, 6) is -15.6. The van der Waals surface area contributed by atoms with Crippen molar-refractivity contribution >= 4 is 87.9 Å². The fourth-order valence-electron chi connectivity index (χ4n) is 10.9. The lowest BCUT2D eigenvalue weighted by Crippen LogP contribution is -2.62. The molecule has 0 radical (unpaired) electrons. The number of amides is 9. The number of phenolic OH excluding ortho intramolecular Hbond substituents is 2. The molecule has 6 aromatic rings. The predicted octanol–water partition coefficient (Wildman–Crippen LogP) is -0.495. The summed E-state index contributed by atoms with van der Waals surface area (Å²) in [5, 5.41) is 83.4. The summed E-state index contributed by atoms with van der Waals surface area (Å²) < 4.78 is 0. The fourth-order valence-corrected chi connectivity index (χ4v) is 10.9. The molecule has 0 saturated carbocycles. The van der Waals surface area contributed by atoms with Crippen LogP contribution in [0.3, 0.4) is 0 Å². The smallest absolute Gasteiger partial charge is 0.326 e. The number of hydrogen-bond donors (Lipinski definition) is 20. The summed E-state index contributed by atoms with van der Waals surface area (Å²) >= 11 is 0. The largest absolute Gasteiger partial charge is 0.508 e. The Morgan fingerprint density at radius 3 is 1.37 bits per heavy atom. The van der Waals surface area contributed by atoms with Crippen LogP contribution in [0.15, 0.2) is 122 Å². The molecule has 33 nitrogen and oxygen atoms in total. The number of hydrogen-bond acceptors (Lipinski definition) is 17. The maximum Gasteiger partial charge on any atom is 0.326 e. The number of aromatic nitrogens is 3. The molecular formula is C69H88N16O17. The first-order valence-electron chi connectivity index (χ1n) is 32.8.